The number of halogens is 2. The van der Waals surface area contributed by atoms with Crippen LogP contribution in [0.1, 0.15) is 13.3 Å². The van der Waals surface area contributed by atoms with Crippen LogP contribution in [0.15, 0.2) is 18.2 Å². The molecule has 1 heterocycles. The number of aliphatic hydroxyl groups excluding tert-OH is 1. The van der Waals surface area contributed by atoms with Crippen LogP contribution >= 0.6 is 23.2 Å². The van der Waals surface area contributed by atoms with Crippen molar-refractivity contribution in [3.8, 4) is 0 Å². The van der Waals surface area contributed by atoms with Gasteiger partial charge >= 0.3 is 0 Å². The first-order valence-electron chi connectivity index (χ1n) is 6.61. The van der Waals surface area contributed by atoms with Crippen molar-refractivity contribution < 1.29 is 9.90 Å². The van der Waals surface area contributed by atoms with Crippen molar-refractivity contribution in [1.29, 1.82) is 0 Å². The number of nitrogens with zero attached hydrogens (tertiary/aromatic N) is 1. The minimum Gasteiger partial charge on any atom is -0.392 e. The molecule has 1 saturated heterocycles. The van der Waals surface area contributed by atoms with Crippen LogP contribution in [0.5, 0.6) is 0 Å². The molecule has 1 aromatic carbocycles. The topological polar surface area (TPSA) is 52.6 Å². The summed E-state index contributed by atoms with van der Waals surface area (Å²) in [6.45, 7) is 3.66. The second-order valence-electron chi connectivity index (χ2n) is 5.25. The molecule has 0 radical (unpaired) electrons. The van der Waals surface area contributed by atoms with Gasteiger partial charge in [0.25, 0.3) is 0 Å². The van der Waals surface area contributed by atoms with E-state index in [9.17, 15) is 9.90 Å². The maximum absolute atomic E-state index is 12.0. The van der Waals surface area contributed by atoms with Crippen molar-refractivity contribution in [2.75, 3.05) is 25.0 Å². The fraction of sp³-hybridized carbons (Fsp3) is 0.500. The quantitative estimate of drug-likeness (QED) is 0.901. The summed E-state index contributed by atoms with van der Waals surface area (Å²) < 4.78 is 0. The molecule has 1 aromatic rings. The van der Waals surface area contributed by atoms with E-state index in [0.29, 0.717) is 28.2 Å². The molecule has 20 heavy (non-hydrogen) atoms. The summed E-state index contributed by atoms with van der Waals surface area (Å²) >= 11 is 11.7. The molecule has 6 heteroatoms. The van der Waals surface area contributed by atoms with Crippen molar-refractivity contribution in [2.24, 2.45) is 5.92 Å². The highest BCUT2D eigenvalue weighted by Gasteiger charge is 2.25. The van der Waals surface area contributed by atoms with Gasteiger partial charge in [-0.1, -0.05) is 30.1 Å². The van der Waals surface area contributed by atoms with E-state index in [1.165, 1.54) is 0 Å². The van der Waals surface area contributed by atoms with Gasteiger partial charge in [0.1, 0.15) is 0 Å². The minimum absolute atomic E-state index is 0.120. The van der Waals surface area contributed by atoms with Gasteiger partial charge in [0.15, 0.2) is 0 Å². The van der Waals surface area contributed by atoms with E-state index in [0.717, 1.165) is 13.0 Å². The highest BCUT2D eigenvalue weighted by atomic mass is 35.5. The van der Waals surface area contributed by atoms with Crippen LogP contribution in [0.3, 0.4) is 0 Å². The number of hydrogen-bond donors (Lipinski definition) is 2. The van der Waals surface area contributed by atoms with Gasteiger partial charge in [-0.2, -0.15) is 0 Å². The van der Waals surface area contributed by atoms with E-state index in [4.69, 9.17) is 23.2 Å². The molecule has 2 atom stereocenters. The third kappa shape index (κ3) is 4.09. The Morgan fingerprint density at radius 3 is 2.85 bits per heavy atom. The van der Waals surface area contributed by atoms with Gasteiger partial charge in [-0.05, 0) is 37.1 Å². The van der Waals surface area contributed by atoms with Crippen molar-refractivity contribution in [1.82, 2.24) is 4.90 Å². The van der Waals surface area contributed by atoms with Gasteiger partial charge < -0.3 is 10.4 Å². The number of carbonyl (C=O) groups excluding carboxylic acids is 1. The van der Waals surface area contributed by atoms with Gasteiger partial charge in [-0.15, -0.1) is 0 Å². The van der Waals surface area contributed by atoms with E-state index < -0.39 is 0 Å². The monoisotopic (exact) mass is 316 g/mol. The molecule has 1 fully saturated rings. The van der Waals surface area contributed by atoms with E-state index in [-0.39, 0.29) is 18.6 Å². The Labute approximate surface area is 128 Å². The lowest BCUT2D eigenvalue weighted by Crippen LogP contribution is -2.45. The fourth-order valence-electron chi connectivity index (χ4n) is 2.24. The lowest BCUT2D eigenvalue weighted by molar-refractivity contribution is -0.118. The average Bonchev–Trinajstić information content (AvgIpc) is 2.38. The van der Waals surface area contributed by atoms with E-state index in [1.54, 1.807) is 18.2 Å². The first-order chi connectivity index (χ1) is 9.45. The van der Waals surface area contributed by atoms with E-state index in [1.807, 2.05) is 11.8 Å². The highest BCUT2D eigenvalue weighted by molar-refractivity contribution is 6.42. The Bertz CT molecular complexity index is 496. The zero-order valence-electron chi connectivity index (χ0n) is 11.3. The van der Waals surface area contributed by atoms with Crippen LogP contribution < -0.4 is 5.32 Å². The van der Waals surface area contributed by atoms with Crippen LogP contribution in [0.2, 0.25) is 10.0 Å². The Morgan fingerprint density at radius 2 is 2.20 bits per heavy atom. The smallest absolute Gasteiger partial charge is 0.238 e. The zero-order chi connectivity index (χ0) is 14.7. The number of anilines is 1. The van der Waals surface area contributed by atoms with Crippen LogP contribution in [0.4, 0.5) is 5.69 Å². The van der Waals surface area contributed by atoms with E-state index in [2.05, 4.69) is 5.32 Å². The van der Waals surface area contributed by atoms with Crippen molar-refractivity contribution in [3.63, 3.8) is 0 Å². The summed E-state index contributed by atoms with van der Waals surface area (Å²) in [5.74, 6) is 0.175. The molecular weight excluding hydrogens is 299 g/mol. The van der Waals surface area contributed by atoms with Crippen molar-refractivity contribution in [3.05, 3.63) is 28.2 Å². The Hall–Kier alpha value is -0.810. The number of piperidine rings is 1. The lowest BCUT2D eigenvalue weighted by atomic mass is 9.96. The molecule has 4 nitrogen and oxygen atoms in total. The summed E-state index contributed by atoms with van der Waals surface area (Å²) in [6, 6.07) is 4.97. The number of rotatable bonds is 3. The maximum Gasteiger partial charge on any atom is 0.238 e. The Kier molecular flexibility index (Phi) is 5.27. The number of hydrogen-bond acceptors (Lipinski definition) is 3. The second-order valence-corrected chi connectivity index (χ2v) is 6.06. The fourth-order valence-corrected chi connectivity index (χ4v) is 2.53. The summed E-state index contributed by atoms with van der Waals surface area (Å²) in [5.41, 5.74) is 0.621. The number of benzene rings is 1. The number of amides is 1. The second kappa shape index (κ2) is 6.76. The van der Waals surface area contributed by atoms with Crippen LogP contribution in [-0.2, 0) is 4.79 Å². The van der Waals surface area contributed by atoms with Gasteiger partial charge in [-0.3, -0.25) is 9.69 Å². The normalized spacial score (nSPS) is 23.6. The number of likely N-dealkylation sites (tertiary alicyclic amines) is 1. The van der Waals surface area contributed by atoms with Gasteiger partial charge in [-0.25, -0.2) is 0 Å². The summed E-state index contributed by atoms with van der Waals surface area (Å²) in [5, 5.41) is 13.5. The molecule has 1 aliphatic rings. The highest BCUT2D eigenvalue weighted by Crippen LogP contribution is 2.25. The summed E-state index contributed by atoms with van der Waals surface area (Å²) in [7, 11) is 0. The standard InChI is InChI=1S/C14H18Cl2N2O2/c1-9-4-5-18(7-13(9)19)8-14(20)17-10-2-3-11(15)12(16)6-10/h2-3,6,9,13,19H,4-5,7-8H2,1H3,(H,17,20). The number of aliphatic hydroxyl groups is 1. The number of nitrogens with one attached hydrogen (secondary N) is 1. The van der Waals surface area contributed by atoms with Gasteiger partial charge in [0, 0.05) is 12.2 Å². The largest absolute Gasteiger partial charge is 0.392 e. The molecule has 1 aliphatic heterocycles. The molecule has 0 saturated carbocycles. The predicted molar refractivity (Wildman–Crippen MR) is 81.3 cm³/mol. The predicted octanol–water partition coefficient (Wildman–Crippen LogP) is 2.63. The molecule has 0 aliphatic carbocycles. The molecule has 2 unspecified atom stereocenters. The number of β-amino-alcohol motifs (C(OH)–C–C–N with tert-alkyl or cyclic N) is 1. The Morgan fingerprint density at radius 1 is 1.45 bits per heavy atom. The molecule has 0 spiro atoms. The molecular formula is C14H18Cl2N2O2. The molecule has 2 rings (SSSR count). The van der Waals surface area contributed by atoms with E-state index >= 15 is 0 Å². The maximum atomic E-state index is 12.0. The molecule has 1 amide bonds. The van der Waals surface area contributed by atoms with Gasteiger partial charge in [0.05, 0.1) is 22.7 Å². The van der Waals surface area contributed by atoms with Crippen LogP contribution in [-0.4, -0.2) is 41.7 Å². The SMILES string of the molecule is CC1CCN(CC(=O)Nc2ccc(Cl)c(Cl)c2)CC1O. The average molecular weight is 317 g/mol. The summed E-state index contributed by atoms with van der Waals surface area (Å²) in [4.78, 5) is 13.9. The Balaban J connectivity index is 1.87. The molecule has 110 valence electrons. The van der Waals surface area contributed by atoms with Crippen LogP contribution in [0, 0.1) is 5.92 Å². The minimum atomic E-state index is -0.360. The number of carbonyl (C=O) groups is 1. The zero-order valence-corrected chi connectivity index (χ0v) is 12.8. The molecule has 0 aromatic heterocycles. The molecule has 0 bridgehead atoms. The third-order valence-corrected chi connectivity index (χ3v) is 4.31. The summed E-state index contributed by atoms with van der Waals surface area (Å²) in [6.07, 6.45) is 0.544. The van der Waals surface area contributed by atoms with Gasteiger partial charge in [0.2, 0.25) is 5.91 Å². The van der Waals surface area contributed by atoms with Crippen molar-refractivity contribution >= 4 is 34.8 Å². The molecule has 2 N–H and O–H groups in total. The van der Waals surface area contributed by atoms with Crippen molar-refractivity contribution in [2.45, 2.75) is 19.4 Å². The first kappa shape index (κ1) is 15.6. The third-order valence-electron chi connectivity index (χ3n) is 3.57. The first-order valence-corrected chi connectivity index (χ1v) is 7.36. The van der Waals surface area contributed by atoms with Crippen LogP contribution in [0.25, 0.3) is 0 Å². The lowest BCUT2D eigenvalue weighted by Gasteiger charge is -2.33.